The molecule has 136 valence electrons. The van der Waals surface area contributed by atoms with Gasteiger partial charge < -0.3 is 15.0 Å². The molecule has 0 saturated carbocycles. The Morgan fingerprint density at radius 2 is 1.92 bits per heavy atom. The number of rotatable bonds is 4. The Balaban J connectivity index is 1.76. The number of carbonyl (C=O) groups is 2. The third-order valence-electron chi connectivity index (χ3n) is 4.11. The van der Waals surface area contributed by atoms with E-state index in [4.69, 9.17) is 39.5 Å². The molecule has 1 fully saturated rings. The largest absolute Gasteiger partial charge is 0.495 e. The maximum Gasteiger partial charge on any atom is 0.229 e. The Kier molecular flexibility index (Phi) is 5.61. The SMILES string of the molecule is COc1ccc(Cl)cc1N1C[C@H](C(=O)Nc2ccc(Cl)c(Cl)c2)CC1=O. The van der Waals surface area contributed by atoms with Gasteiger partial charge in [0.1, 0.15) is 5.75 Å². The standard InChI is InChI=1S/C18H15Cl3N2O3/c1-26-16-5-2-11(19)7-15(16)23-9-10(6-17(23)24)18(25)22-12-3-4-13(20)14(21)8-12/h2-5,7-8,10H,6,9H2,1H3,(H,22,25)/t10-/m1/s1. The lowest BCUT2D eigenvalue weighted by Crippen LogP contribution is -2.28. The molecule has 0 aromatic heterocycles. The zero-order chi connectivity index (χ0) is 18.8. The number of hydrogen-bond acceptors (Lipinski definition) is 3. The van der Waals surface area contributed by atoms with Crippen molar-refractivity contribution in [2.45, 2.75) is 6.42 Å². The van der Waals surface area contributed by atoms with Crippen molar-refractivity contribution in [3.63, 3.8) is 0 Å². The maximum atomic E-state index is 12.5. The van der Waals surface area contributed by atoms with Crippen molar-refractivity contribution in [2.24, 2.45) is 5.92 Å². The Hall–Kier alpha value is -1.95. The lowest BCUT2D eigenvalue weighted by atomic mass is 10.1. The summed E-state index contributed by atoms with van der Waals surface area (Å²) in [5.74, 6) is -0.408. The third-order valence-corrected chi connectivity index (χ3v) is 5.09. The van der Waals surface area contributed by atoms with Gasteiger partial charge in [-0.2, -0.15) is 0 Å². The smallest absolute Gasteiger partial charge is 0.229 e. The topological polar surface area (TPSA) is 58.6 Å². The van der Waals surface area contributed by atoms with Gasteiger partial charge in [-0.15, -0.1) is 0 Å². The molecule has 0 unspecified atom stereocenters. The molecule has 1 heterocycles. The first-order chi connectivity index (χ1) is 12.4. The van der Waals surface area contributed by atoms with Crippen LogP contribution < -0.4 is 15.0 Å². The van der Waals surface area contributed by atoms with Crippen LogP contribution in [0, 0.1) is 5.92 Å². The normalized spacial score (nSPS) is 16.7. The van der Waals surface area contributed by atoms with Crippen LogP contribution in [0.15, 0.2) is 36.4 Å². The van der Waals surface area contributed by atoms with Gasteiger partial charge in [0, 0.05) is 23.7 Å². The number of nitrogens with zero attached hydrogens (tertiary/aromatic N) is 1. The summed E-state index contributed by atoms with van der Waals surface area (Å²) in [6.07, 6.45) is 0.100. The third kappa shape index (κ3) is 3.90. The Bertz CT molecular complexity index is 873. The summed E-state index contributed by atoms with van der Waals surface area (Å²) in [6.45, 7) is 0.239. The molecule has 1 N–H and O–H groups in total. The van der Waals surface area contributed by atoms with E-state index in [0.717, 1.165) is 0 Å². The minimum absolute atomic E-state index is 0.100. The molecule has 0 radical (unpaired) electrons. The van der Waals surface area contributed by atoms with E-state index in [0.29, 0.717) is 32.2 Å². The quantitative estimate of drug-likeness (QED) is 0.794. The van der Waals surface area contributed by atoms with Crippen LogP contribution in [-0.2, 0) is 9.59 Å². The minimum Gasteiger partial charge on any atom is -0.495 e. The number of ether oxygens (including phenoxy) is 1. The first kappa shape index (κ1) is 18.8. The zero-order valence-electron chi connectivity index (χ0n) is 13.8. The van der Waals surface area contributed by atoms with Gasteiger partial charge in [-0.25, -0.2) is 0 Å². The van der Waals surface area contributed by atoms with Crippen molar-refractivity contribution in [1.29, 1.82) is 0 Å². The number of amides is 2. The molecule has 2 amide bonds. The Morgan fingerprint density at radius 3 is 2.62 bits per heavy atom. The predicted molar refractivity (Wildman–Crippen MR) is 104 cm³/mol. The lowest BCUT2D eigenvalue weighted by molar-refractivity contribution is -0.122. The summed E-state index contributed by atoms with van der Waals surface area (Å²) >= 11 is 17.9. The van der Waals surface area contributed by atoms with Gasteiger partial charge in [0.25, 0.3) is 0 Å². The fourth-order valence-corrected chi connectivity index (χ4v) is 3.27. The lowest BCUT2D eigenvalue weighted by Gasteiger charge is -2.20. The van der Waals surface area contributed by atoms with Crippen LogP contribution in [0.25, 0.3) is 0 Å². The Labute approximate surface area is 165 Å². The first-order valence-corrected chi connectivity index (χ1v) is 8.92. The van der Waals surface area contributed by atoms with Gasteiger partial charge in [0.15, 0.2) is 0 Å². The zero-order valence-corrected chi connectivity index (χ0v) is 16.0. The fourth-order valence-electron chi connectivity index (χ4n) is 2.81. The van der Waals surface area contributed by atoms with Crippen LogP contribution in [-0.4, -0.2) is 25.5 Å². The number of halogens is 3. The molecular weight excluding hydrogens is 399 g/mol. The number of methoxy groups -OCH3 is 1. The molecule has 0 bridgehead atoms. The van der Waals surface area contributed by atoms with E-state index in [9.17, 15) is 9.59 Å². The van der Waals surface area contributed by atoms with Crippen LogP contribution in [0.1, 0.15) is 6.42 Å². The molecule has 0 spiro atoms. The van der Waals surface area contributed by atoms with E-state index in [1.165, 1.54) is 12.0 Å². The van der Waals surface area contributed by atoms with E-state index < -0.39 is 5.92 Å². The Morgan fingerprint density at radius 1 is 1.15 bits per heavy atom. The molecule has 3 rings (SSSR count). The van der Waals surface area contributed by atoms with E-state index in [2.05, 4.69) is 5.32 Å². The molecule has 2 aromatic carbocycles. The van der Waals surface area contributed by atoms with E-state index in [1.54, 1.807) is 36.4 Å². The second kappa shape index (κ2) is 7.74. The summed E-state index contributed by atoms with van der Waals surface area (Å²) in [7, 11) is 1.52. The number of nitrogens with one attached hydrogen (secondary N) is 1. The van der Waals surface area contributed by atoms with Crippen LogP contribution >= 0.6 is 34.8 Å². The van der Waals surface area contributed by atoms with E-state index in [-0.39, 0.29) is 24.8 Å². The van der Waals surface area contributed by atoms with Crippen molar-refractivity contribution >= 4 is 58.0 Å². The number of carbonyl (C=O) groups excluding carboxylic acids is 2. The molecule has 5 nitrogen and oxygen atoms in total. The average molecular weight is 414 g/mol. The molecule has 8 heteroatoms. The minimum atomic E-state index is -0.499. The van der Waals surface area contributed by atoms with Gasteiger partial charge in [-0.3, -0.25) is 9.59 Å². The van der Waals surface area contributed by atoms with Crippen molar-refractivity contribution in [1.82, 2.24) is 0 Å². The maximum absolute atomic E-state index is 12.5. The first-order valence-electron chi connectivity index (χ1n) is 7.79. The summed E-state index contributed by atoms with van der Waals surface area (Å²) in [5.41, 5.74) is 1.07. The van der Waals surface area contributed by atoms with Gasteiger partial charge in [0.2, 0.25) is 11.8 Å². The molecule has 1 aliphatic heterocycles. The monoisotopic (exact) mass is 412 g/mol. The highest BCUT2D eigenvalue weighted by Crippen LogP contribution is 2.35. The average Bonchev–Trinajstić information content (AvgIpc) is 3.00. The number of benzene rings is 2. The molecule has 26 heavy (non-hydrogen) atoms. The summed E-state index contributed by atoms with van der Waals surface area (Å²) < 4.78 is 5.30. The fraction of sp³-hybridized carbons (Fsp3) is 0.222. The highest BCUT2D eigenvalue weighted by molar-refractivity contribution is 6.42. The van der Waals surface area contributed by atoms with Crippen LogP contribution in [0.4, 0.5) is 11.4 Å². The predicted octanol–water partition coefficient (Wildman–Crippen LogP) is 4.65. The van der Waals surface area contributed by atoms with Gasteiger partial charge in [-0.1, -0.05) is 34.8 Å². The van der Waals surface area contributed by atoms with Crippen LogP contribution in [0.5, 0.6) is 5.75 Å². The van der Waals surface area contributed by atoms with Crippen molar-refractivity contribution in [2.75, 3.05) is 23.9 Å². The molecule has 1 atom stereocenters. The van der Waals surface area contributed by atoms with Gasteiger partial charge in [-0.05, 0) is 36.4 Å². The highest BCUT2D eigenvalue weighted by Gasteiger charge is 2.36. The van der Waals surface area contributed by atoms with Crippen molar-refractivity contribution in [3.8, 4) is 5.75 Å². The number of hydrogen-bond donors (Lipinski definition) is 1. The van der Waals surface area contributed by atoms with Crippen molar-refractivity contribution in [3.05, 3.63) is 51.5 Å². The summed E-state index contributed by atoms with van der Waals surface area (Å²) in [4.78, 5) is 26.5. The molecule has 2 aromatic rings. The summed E-state index contributed by atoms with van der Waals surface area (Å²) in [6, 6.07) is 9.84. The van der Waals surface area contributed by atoms with Gasteiger partial charge in [0.05, 0.1) is 28.8 Å². The highest BCUT2D eigenvalue weighted by atomic mass is 35.5. The van der Waals surface area contributed by atoms with Crippen molar-refractivity contribution < 1.29 is 14.3 Å². The van der Waals surface area contributed by atoms with E-state index >= 15 is 0 Å². The second-order valence-electron chi connectivity index (χ2n) is 5.84. The second-order valence-corrected chi connectivity index (χ2v) is 7.09. The van der Waals surface area contributed by atoms with Gasteiger partial charge >= 0.3 is 0 Å². The van der Waals surface area contributed by atoms with Crippen LogP contribution in [0.2, 0.25) is 15.1 Å². The summed E-state index contributed by atoms with van der Waals surface area (Å²) in [5, 5.41) is 4.00. The molecule has 1 saturated heterocycles. The van der Waals surface area contributed by atoms with E-state index in [1.807, 2.05) is 0 Å². The van der Waals surface area contributed by atoms with Crippen LogP contribution in [0.3, 0.4) is 0 Å². The molecule has 0 aliphatic carbocycles. The molecule has 1 aliphatic rings. The molecular formula is C18H15Cl3N2O3. The number of anilines is 2.